The van der Waals surface area contributed by atoms with E-state index in [2.05, 4.69) is 35.1 Å². The van der Waals surface area contributed by atoms with Crippen LogP contribution in [0.1, 0.15) is 30.2 Å². The van der Waals surface area contributed by atoms with Gasteiger partial charge in [-0.1, -0.05) is 18.8 Å². The minimum atomic E-state index is -0.139. The van der Waals surface area contributed by atoms with Crippen LogP contribution in [-0.4, -0.2) is 40.9 Å². The van der Waals surface area contributed by atoms with E-state index in [9.17, 15) is 5.11 Å². The van der Waals surface area contributed by atoms with Crippen molar-refractivity contribution in [2.75, 3.05) is 19.7 Å². The average molecular weight is 279 g/mol. The first-order valence-electron chi connectivity index (χ1n) is 6.76. The summed E-state index contributed by atoms with van der Waals surface area (Å²) in [6.07, 6.45) is 1.27. The van der Waals surface area contributed by atoms with Gasteiger partial charge in [0.2, 0.25) is 0 Å². The first kappa shape index (κ1) is 14.5. The van der Waals surface area contributed by atoms with Crippen LogP contribution in [-0.2, 0) is 6.54 Å². The Morgan fingerprint density at radius 1 is 1.53 bits per heavy atom. The second-order valence-electron chi connectivity index (χ2n) is 5.15. The van der Waals surface area contributed by atoms with Gasteiger partial charge in [0.15, 0.2) is 0 Å². The van der Waals surface area contributed by atoms with Crippen LogP contribution in [0, 0.1) is 17.8 Å². The number of nitrogens with zero attached hydrogens (tertiary/aromatic N) is 1. The van der Waals surface area contributed by atoms with E-state index in [-0.39, 0.29) is 12.7 Å². The number of piperidine rings is 1. The molecule has 2 N–H and O–H groups in total. The van der Waals surface area contributed by atoms with E-state index < -0.39 is 0 Å². The van der Waals surface area contributed by atoms with Gasteiger partial charge in [-0.05, 0) is 18.4 Å². The van der Waals surface area contributed by atoms with Gasteiger partial charge in [-0.15, -0.1) is 11.3 Å². The number of aliphatic hydroxyl groups is 2. The second-order valence-corrected chi connectivity index (χ2v) is 6.14. The van der Waals surface area contributed by atoms with Gasteiger partial charge in [0, 0.05) is 41.9 Å². The molecule has 0 radical (unpaired) electrons. The molecule has 2 rings (SSSR count). The van der Waals surface area contributed by atoms with E-state index in [0.29, 0.717) is 12.3 Å². The van der Waals surface area contributed by atoms with E-state index in [1.165, 1.54) is 4.88 Å². The van der Waals surface area contributed by atoms with Crippen LogP contribution < -0.4 is 0 Å². The van der Waals surface area contributed by atoms with Gasteiger partial charge in [-0.2, -0.15) is 0 Å². The van der Waals surface area contributed by atoms with E-state index >= 15 is 0 Å². The minimum Gasteiger partial charge on any atom is -0.395 e. The molecule has 0 spiro atoms. The normalized spacial score (nSPS) is 23.9. The second kappa shape index (κ2) is 7.06. The van der Waals surface area contributed by atoms with Gasteiger partial charge < -0.3 is 10.2 Å². The fraction of sp³-hybridized carbons (Fsp3) is 0.600. The molecule has 1 saturated heterocycles. The van der Waals surface area contributed by atoms with Crippen molar-refractivity contribution >= 4 is 11.3 Å². The van der Waals surface area contributed by atoms with E-state index in [1.807, 2.05) is 0 Å². The van der Waals surface area contributed by atoms with E-state index in [0.717, 1.165) is 31.6 Å². The van der Waals surface area contributed by atoms with Gasteiger partial charge in [0.05, 0.1) is 12.7 Å². The van der Waals surface area contributed by atoms with Crippen LogP contribution in [0.2, 0.25) is 0 Å². The molecule has 0 saturated carbocycles. The van der Waals surface area contributed by atoms with Crippen LogP contribution >= 0.6 is 11.3 Å². The molecular weight excluding hydrogens is 258 g/mol. The molecule has 1 aliphatic rings. The third-order valence-electron chi connectivity index (χ3n) is 3.45. The number of likely N-dealkylation sites (tertiary alicyclic amines) is 1. The maximum Gasteiger partial charge on any atom is 0.0590 e. The summed E-state index contributed by atoms with van der Waals surface area (Å²) < 4.78 is 0. The fourth-order valence-electron chi connectivity index (χ4n) is 2.33. The Bertz CT molecular complexity index is 460. The molecule has 1 aromatic rings. The molecule has 104 valence electrons. The lowest BCUT2D eigenvalue weighted by molar-refractivity contribution is 0.0324. The summed E-state index contributed by atoms with van der Waals surface area (Å²) in [7, 11) is 0. The lowest BCUT2D eigenvalue weighted by atomic mass is 9.97. The molecule has 3 nitrogen and oxygen atoms in total. The number of hydrogen-bond acceptors (Lipinski definition) is 4. The molecule has 1 aromatic heterocycles. The van der Waals surface area contributed by atoms with Crippen molar-refractivity contribution in [2.24, 2.45) is 5.92 Å². The standard InChI is InChI=1S/C15H21NO2S/c1-12-9-16(6-5-15(12)18)10-14-8-13(11-19-14)4-2-3-7-17/h8,11-12,15,17-18H,3,5-7,9-10H2,1H3. The van der Waals surface area contributed by atoms with Crippen LogP contribution in [0.4, 0.5) is 0 Å². The largest absolute Gasteiger partial charge is 0.395 e. The quantitative estimate of drug-likeness (QED) is 0.828. The third kappa shape index (κ3) is 4.32. The van der Waals surface area contributed by atoms with Crippen LogP contribution in [0.3, 0.4) is 0 Å². The zero-order valence-electron chi connectivity index (χ0n) is 11.3. The summed E-state index contributed by atoms with van der Waals surface area (Å²) in [5.74, 6) is 6.36. The first-order chi connectivity index (χ1) is 9.19. The molecule has 19 heavy (non-hydrogen) atoms. The monoisotopic (exact) mass is 279 g/mol. The molecule has 2 unspecified atom stereocenters. The Labute approximate surface area is 118 Å². The molecule has 1 fully saturated rings. The predicted octanol–water partition coefficient (Wildman–Crippen LogP) is 1.68. The zero-order chi connectivity index (χ0) is 13.7. The number of rotatable bonds is 3. The fourth-order valence-corrected chi connectivity index (χ4v) is 3.19. The minimum absolute atomic E-state index is 0.123. The smallest absolute Gasteiger partial charge is 0.0590 e. The van der Waals surface area contributed by atoms with Crippen LogP contribution in [0.25, 0.3) is 0 Å². The van der Waals surface area contributed by atoms with Gasteiger partial charge >= 0.3 is 0 Å². The summed E-state index contributed by atoms with van der Waals surface area (Å²) in [5.41, 5.74) is 1.04. The molecule has 4 heteroatoms. The lowest BCUT2D eigenvalue weighted by Crippen LogP contribution is -2.41. The summed E-state index contributed by atoms with van der Waals surface area (Å²) in [5, 5.41) is 20.5. The highest BCUT2D eigenvalue weighted by Gasteiger charge is 2.24. The van der Waals surface area contributed by atoms with Crippen LogP contribution in [0.15, 0.2) is 11.4 Å². The van der Waals surface area contributed by atoms with Crippen molar-refractivity contribution < 1.29 is 10.2 Å². The molecular formula is C15H21NO2S. The number of hydrogen-bond donors (Lipinski definition) is 2. The molecule has 0 aromatic carbocycles. The van der Waals surface area contributed by atoms with Gasteiger partial charge in [0.1, 0.15) is 0 Å². The molecule has 0 bridgehead atoms. The zero-order valence-corrected chi connectivity index (χ0v) is 12.1. The maximum absolute atomic E-state index is 9.72. The average Bonchev–Trinajstić information content (AvgIpc) is 2.82. The predicted molar refractivity (Wildman–Crippen MR) is 78.0 cm³/mol. The Hall–Kier alpha value is -0.860. The summed E-state index contributed by atoms with van der Waals surface area (Å²) >= 11 is 1.73. The van der Waals surface area contributed by atoms with Gasteiger partial charge in [-0.3, -0.25) is 4.90 Å². The molecule has 2 heterocycles. The SMILES string of the molecule is CC1CN(Cc2cc(C#CCCO)cs2)CCC1O. The topological polar surface area (TPSA) is 43.7 Å². The highest BCUT2D eigenvalue weighted by molar-refractivity contribution is 7.10. The number of thiophene rings is 1. The van der Waals surface area contributed by atoms with Crippen molar-refractivity contribution in [3.63, 3.8) is 0 Å². The van der Waals surface area contributed by atoms with Crippen LogP contribution in [0.5, 0.6) is 0 Å². The maximum atomic E-state index is 9.72. The van der Waals surface area contributed by atoms with Crippen molar-refractivity contribution in [1.29, 1.82) is 0 Å². The molecule has 1 aliphatic heterocycles. The summed E-state index contributed by atoms with van der Waals surface area (Å²) in [6, 6.07) is 2.13. The molecule has 2 atom stereocenters. The highest BCUT2D eigenvalue weighted by atomic mass is 32.1. The summed E-state index contributed by atoms with van der Waals surface area (Å²) in [6.45, 7) is 5.11. The summed E-state index contributed by atoms with van der Waals surface area (Å²) in [4.78, 5) is 3.71. The van der Waals surface area contributed by atoms with E-state index in [1.54, 1.807) is 11.3 Å². The number of aliphatic hydroxyl groups excluding tert-OH is 2. The van der Waals surface area contributed by atoms with Crippen molar-refractivity contribution in [3.05, 3.63) is 21.9 Å². The molecule has 0 amide bonds. The van der Waals surface area contributed by atoms with Crippen molar-refractivity contribution in [3.8, 4) is 11.8 Å². The Kier molecular flexibility index (Phi) is 5.41. The van der Waals surface area contributed by atoms with Gasteiger partial charge in [0.25, 0.3) is 0 Å². The lowest BCUT2D eigenvalue weighted by Gasteiger charge is -2.34. The Morgan fingerprint density at radius 2 is 2.37 bits per heavy atom. The van der Waals surface area contributed by atoms with E-state index in [4.69, 9.17) is 5.11 Å². The Morgan fingerprint density at radius 3 is 3.11 bits per heavy atom. The van der Waals surface area contributed by atoms with Gasteiger partial charge in [-0.25, -0.2) is 0 Å². The Balaban J connectivity index is 1.88. The van der Waals surface area contributed by atoms with Crippen molar-refractivity contribution in [1.82, 2.24) is 4.90 Å². The first-order valence-corrected chi connectivity index (χ1v) is 7.64. The highest BCUT2D eigenvalue weighted by Crippen LogP contribution is 2.21. The molecule has 0 aliphatic carbocycles. The third-order valence-corrected chi connectivity index (χ3v) is 4.37. The van der Waals surface area contributed by atoms with Crippen molar-refractivity contribution in [2.45, 2.75) is 32.4 Å².